The van der Waals surface area contributed by atoms with Crippen LogP contribution in [0.5, 0.6) is 0 Å². The highest BCUT2D eigenvalue weighted by Gasteiger charge is 2.22. The summed E-state index contributed by atoms with van der Waals surface area (Å²) < 4.78 is 0. The summed E-state index contributed by atoms with van der Waals surface area (Å²) in [5.74, 6) is 0.782. The van der Waals surface area contributed by atoms with Gasteiger partial charge in [0.25, 0.3) is 5.91 Å². The van der Waals surface area contributed by atoms with Gasteiger partial charge < -0.3 is 5.32 Å². The van der Waals surface area contributed by atoms with Crippen LogP contribution in [0.15, 0.2) is 54.6 Å². The van der Waals surface area contributed by atoms with E-state index in [1.165, 1.54) is 37.1 Å². The van der Waals surface area contributed by atoms with Gasteiger partial charge in [0, 0.05) is 24.2 Å². The Morgan fingerprint density at radius 3 is 2.44 bits per heavy atom. The zero-order valence-electron chi connectivity index (χ0n) is 16.9. The number of benzene rings is 2. The SMILES string of the molecule is CC1CCCN(Cc2ccc(C(=O)NC(C)(C)Cc3ccccc3)cc2)C1. The third kappa shape index (κ3) is 5.93. The molecule has 1 N–H and O–H groups in total. The summed E-state index contributed by atoms with van der Waals surface area (Å²) >= 11 is 0. The Kier molecular flexibility index (Phi) is 6.33. The number of rotatable bonds is 6. The first kappa shape index (κ1) is 19.6. The summed E-state index contributed by atoms with van der Waals surface area (Å²) in [6, 6.07) is 18.4. The molecule has 1 amide bonds. The summed E-state index contributed by atoms with van der Waals surface area (Å²) in [4.78, 5) is 15.2. The van der Waals surface area contributed by atoms with Crippen molar-refractivity contribution in [3.05, 3.63) is 71.3 Å². The maximum absolute atomic E-state index is 12.7. The molecule has 0 saturated carbocycles. The third-order valence-corrected chi connectivity index (χ3v) is 5.30. The predicted molar refractivity (Wildman–Crippen MR) is 112 cm³/mol. The molecule has 0 spiro atoms. The summed E-state index contributed by atoms with van der Waals surface area (Å²) in [7, 11) is 0. The molecule has 0 radical (unpaired) electrons. The van der Waals surface area contributed by atoms with Crippen LogP contribution in [0.25, 0.3) is 0 Å². The Bertz CT molecular complexity index is 737. The maximum Gasteiger partial charge on any atom is 0.251 e. The van der Waals surface area contributed by atoms with E-state index < -0.39 is 0 Å². The first-order chi connectivity index (χ1) is 12.9. The van der Waals surface area contributed by atoms with Crippen LogP contribution < -0.4 is 5.32 Å². The lowest BCUT2D eigenvalue weighted by Gasteiger charge is -2.30. The molecule has 144 valence electrons. The quantitative estimate of drug-likeness (QED) is 0.808. The van der Waals surface area contributed by atoms with Crippen LogP contribution >= 0.6 is 0 Å². The van der Waals surface area contributed by atoms with E-state index in [0.717, 1.165) is 24.4 Å². The molecule has 1 unspecified atom stereocenters. The molecule has 1 atom stereocenters. The molecule has 1 aliphatic rings. The zero-order valence-corrected chi connectivity index (χ0v) is 16.9. The molecule has 3 heteroatoms. The number of amides is 1. The second-order valence-electron chi connectivity index (χ2n) is 8.68. The lowest BCUT2D eigenvalue weighted by molar-refractivity contribution is 0.0913. The fraction of sp³-hybridized carbons (Fsp3) is 0.458. The van der Waals surface area contributed by atoms with Gasteiger partial charge in [0.15, 0.2) is 0 Å². The smallest absolute Gasteiger partial charge is 0.251 e. The molecule has 27 heavy (non-hydrogen) atoms. The van der Waals surface area contributed by atoms with Gasteiger partial charge in [-0.25, -0.2) is 0 Å². The molecule has 0 aromatic heterocycles. The third-order valence-electron chi connectivity index (χ3n) is 5.30. The Balaban J connectivity index is 1.56. The van der Waals surface area contributed by atoms with Gasteiger partial charge >= 0.3 is 0 Å². The summed E-state index contributed by atoms with van der Waals surface area (Å²) in [5.41, 5.74) is 2.95. The van der Waals surface area contributed by atoms with Crippen molar-refractivity contribution in [3.63, 3.8) is 0 Å². The van der Waals surface area contributed by atoms with E-state index in [1.54, 1.807) is 0 Å². The Labute approximate surface area is 163 Å². The molecular formula is C24H32N2O. The van der Waals surface area contributed by atoms with Crippen molar-refractivity contribution in [2.24, 2.45) is 5.92 Å². The lowest BCUT2D eigenvalue weighted by atomic mass is 9.94. The second-order valence-corrected chi connectivity index (χ2v) is 8.68. The zero-order chi connectivity index (χ0) is 19.3. The fourth-order valence-corrected chi connectivity index (χ4v) is 3.98. The van der Waals surface area contributed by atoms with Crippen molar-refractivity contribution < 1.29 is 4.79 Å². The van der Waals surface area contributed by atoms with Crippen molar-refractivity contribution in [3.8, 4) is 0 Å². The molecule has 0 aliphatic carbocycles. The fourth-order valence-electron chi connectivity index (χ4n) is 3.98. The van der Waals surface area contributed by atoms with Gasteiger partial charge in [0.2, 0.25) is 0 Å². The number of piperidine rings is 1. The lowest BCUT2D eigenvalue weighted by Crippen LogP contribution is -2.45. The molecule has 1 heterocycles. The Morgan fingerprint density at radius 2 is 1.78 bits per heavy atom. The average Bonchev–Trinajstić information content (AvgIpc) is 2.62. The Hall–Kier alpha value is -2.13. The van der Waals surface area contributed by atoms with E-state index in [9.17, 15) is 4.79 Å². The van der Waals surface area contributed by atoms with Crippen LogP contribution in [-0.4, -0.2) is 29.4 Å². The molecule has 2 aromatic carbocycles. The highest BCUT2D eigenvalue weighted by molar-refractivity contribution is 5.94. The number of nitrogens with one attached hydrogen (secondary N) is 1. The van der Waals surface area contributed by atoms with Crippen LogP contribution in [0.3, 0.4) is 0 Å². The first-order valence-electron chi connectivity index (χ1n) is 10.1. The monoisotopic (exact) mass is 364 g/mol. The summed E-state index contributed by atoms with van der Waals surface area (Å²) in [5, 5.41) is 3.18. The van der Waals surface area contributed by atoms with Gasteiger partial charge in [-0.3, -0.25) is 9.69 Å². The van der Waals surface area contributed by atoms with Gasteiger partial charge in [-0.05, 0) is 68.8 Å². The van der Waals surface area contributed by atoms with Crippen LogP contribution in [0, 0.1) is 5.92 Å². The van der Waals surface area contributed by atoms with E-state index in [-0.39, 0.29) is 11.4 Å². The van der Waals surface area contributed by atoms with Gasteiger partial charge in [-0.1, -0.05) is 49.4 Å². The first-order valence-corrected chi connectivity index (χ1v) is 10.1. The molecule has 2 aromatic rings. The molecule has 1 saturated heterocycles. The summed E-state index contributed by atoms with van der Waals surface area (Å²) in [6.45, 7) is 9.81. The maximum atomic E-state index is 12.7. The summed E-state index contributed by atoms with van der Waals surface area (Å²) in [6.07, 6.45) is 3.44. The van der Waals surface area contributed by atoms with Crippen molar-refractivity contribution >= 4 is 5.91 Å². The molecule has 0 bridgehead atoms. The van der Waals surface area contributed by atoms with Crippen molar-refractivity contribution in [1.82, 2.24) is 10.2 Å². The van der Waals surface area contributed by atoms with Crippen molar-refractivity contribution in [2.75, 3.05) is 13.1 Å². The van der Waals surface area contributed by atoms with Crippen LogP contribution in [0.1, 0.15) is 55.1 Å². The van der Waals surface area contributed by atoms with E-state index in [0.29, 0.717) is 0 Å². The highest BCUT2D eigenvalue weighted by atomic mass is 16.1. The number of carbonyl (C=O) groups excluding carboxylic acids is 1. The minimum Gasteiger partial charge on any atom is -0.347 e. The highest BCUT2D eigenvalue weighted by Crippen LogP contribution is 2.18. The van der Waals surface area contributed by atoms with E-state index >= 15 is 0 Å². The number of nitrogens with zero attached hydrogens (tertiary/aromatic N) is 1. The van der Waals surface area contributed by atoms with Gasteiger partial charge in [0.05, 0.1) is 0 Å². The number of hydrogen-bond acceptors (Lipinski definition) is 2. The van der Waals surface area contributed by atoms with Crippen molar-refractivity contribution in [2.45, 2.75) is 52.1 Å². The minimum atomic E-state index is -0.291. The number of hydrogen-bond donors (Lipinski definition) is 1. The minimum absolute atomic E-state index is 0.00549. The second kappa shape index (κ2) is 8.71. The van der Waals surface area contributed by atoms with Crippen LogP contribution in [-0.2, 0) is 13.0 Å². The molecular weight excluding hydrogens is 332 g/mol. The molecule has 1 fully saturated rings. The predicted octanol–water partition coefficient (Wildman–Crippen LogP) is 4.67. The van der Waals surface area contributed by atoms with Crippen LogP contribution in [0.2, 0.25) is 0 Å². The van der Waals surface area contributed by atoms with Crippen LogP contribution in [0.4, 0.5) is 0 Å². The van der Waals surface area contributed by atoms with Gasteiger partial charge in [-0.2, -0.15) is 0 Å². The van der Waals surface area contributed by atoms with E-state index in [2.05, 4.69) is 55.3 Å². The Morgan fingerprint density at radius 1 is 1.07 bits per heavy atom. The standard InChI is InChI=1S/C24H32N2O/c1-19-8-7-15-26(17-19)18-21-11-13-22(14-12-21)23(27)25-24(2,3)16-20-9-5-4-6-10-20/h4-6,9-14,19H,7-8,15-18H2,1-3H3,(H,25,27). The topological polar surface area (TPSA) is 32.3 Å². The number of likely N-dealkylation sites (tertiary alicyclic amines) is 1. The van der Waals surface area contributed by atoms with Gasteiger partial charge in [0.1, 0.15) is 0 Å². The number of carbonyl (C=O) groups is 1. The van der Waals surface area contributed by atoms with Crippen molar-refractivity contribution in [1.29, 1.82) is 0 Å². The molecule has 3 rings (SSSR count). The normalized spacial score (nSPS) is 18.3. The van der Waals surface area contributed by atoms with E-state index in [1.807, 2.05) is 30.3 Å². The van der Waals surface area contributed by atoms with Gasteiger partial charge in [-0.15, -0.1) is 0 Å². The molecule has 1 aliphatic heterocycles. The average molecular weight is 365 g/mol. The largest absolute Gasteiger partial charge is 0.347 e. The molecule has 3 nitrogen and oxygen atoms in total. The van der Waals surface area contributed by atoms with E-state index in [4.69, 9.17) is 0 Å².